The molecule has 0 saturated heterocycles. The maximum atomic E-state index is 12.6. The van der Waals surface area contributed by atoms with Crippen molar-refractivity contribution in [1.82, 2.24) is 9.62 Å². The summed E-state index contributed by atoms with van der Waals surface area (Å²) in [5.41, 5.74) is 5.06. The number of hydrogen-bond donors (Lipinski definition) is 2. The van der Waals surface area contributed by atoms with E-state index < -0.39 is 10.0 Å². The number of sulfonamides is 1. The number of fused-ring (bicyclic) bond motifs is 1. The zero-order valence-corrected chi connectivity index (χ0v) is 19.7. The van der Waals surface area contributed by atoms with E-state index in [0.29, 0.717) is 5.69 Å². The summed E-state index contributed by atoms with van der Waals surface area (Å²) in [4.78, 5) is 26.2. The van der Waals surface area contributed by atoms with E-state index in [1.807, 2.05) is 38.1 Å². The molecule has 172 valence electrons. The zero-order chi connectivity index (χ0) is 23.3. The molecule has 32 heavy (non-hydrogen) atoms. The maximum Gasteiger partial charge on any atom is 0.243 e. The van der Waals surface area contributed by atoms with Crippen LogP contribution in [0.4, 0.5) is 5.69 Å². The topological polar surface area (TPSA) is 95.6 Å². The van der Waals surface area contributed by atoms with Crippen molar-refractivity contribution < 1.29 is 18.0 Å². The Bertz CT molecular complexity index is 1110. The lowest BCUT2D eigenvalue weighted by atomic mass is 9.92. The fraction of sp³-hybridized carbons (Fsp3) is 0.417. The number of carbonyl (C=O) groups is 2. The lowest BCUT2D eigenvalue weighted by Crippen LogP contribution is -2.37. The van der Waals surface area contributed by atoms with Gasteiger partial charge in [-0.3, -0.25) is 9.59 Å². The number of carbonyl (C=O) groups excluding carboxylic acids is 2. The van der Waals surface area contributed by atoms with Gasteiger partial charge >= 0.3 is 0 Å². The van der Waals surface area contributed by atoms with Gasteiger partial charge in [0, 0.05) is 25.7 Å². The van der Waals surface area contributed by atoms with Crippen molar-refractivity contribution in [3.05, 3.63) is 58.7 Å². The number of nitrogens with one attached hydrogen (secondary N) is 2. The van der Waals surface area contributed by atoms with E-state index in [2.05, 4.69) is 10.0 Å². The molecule has 0 atom stereocenters. The van der Waals surface area contributed by atoms with Crippen molar-refractivity contribution in [1.29, 1.82) is 0 Å². The summed E-state index contributed by atoms with van der Waals surface area (Å²) in [7, 11) is -2.16. The van der Waals surface area contributed by atoms with Crippen LogP contribution in [0.15, 0.2) is 41.3 Å². The van der Waals surface area contributed by atoms with E-state index in [9.17, 15) is 18.0 Å². The number of aryl methyl sites for hydroxylation is 3. The van der Waals surface area contributed by atoms with Crippen LogP contribution in [0.1, 0.15) is 41.5 Å². The molecule has 0 aromatic heterocycles. The van der Waals surface area contributed by atoms with E-state index in [1.54, 1.807) is 12.1 Å². The predicted octanol–water partition coefficient (Wildman–Crippen LogP) is 2.95. The van der Waals surface area contributed by atoms with Gasteiger partial charge < -0.3 is 10.2 Å². The van der Waals surface area contributed by atoms with E-state index >= 15 is 0 Å². The monoisotopic (exact) mass is 457 g/mol. The first-order chi connectivity index (χ1) is 15.2. The molecule has 1 aliphatic rings. The third kappa shape index (κ3) is 5.95. The van der Waals surface area contributed by atoms with Gasteiger partial charge in [-0.25, -0.2) is 13.1 Å². The standard InChI is InChI=1S/C24H31N3O4S/c1-17-7-6-10-22(18(17)2)26-23(28)16-27(3)24(29)13-14-25-32(30,31)21-12-11-19-8-4-5-9-20(19)15-21/h6-7,10-12,15,25H,4-5,8-9,13-14,16H2,1-3H3,(H,26,28). The van der Waals surface area contributed by atoms with E-state index in [0.717, 1.165) is 42.4 Å². The normalized spacial score (nSPS) is 13.3. The minimum absolute atomic E-state index is 0.0266. The van der Waals surface area contributed by atoms with Crippen molar-refractivity contribution in [2.75, 3.05) is 25.5 Å². The molecule has 7 nitrogen and oxygen atoms in total. The second-order valence-electron chi connectivity index (χ2n) is 8.33. The van der Waals surface area contributed by atoms with Crippen LogP contribution in [-0.2, 0) is 32.5 Å². The highest BCUT2D eigenvalue weighted by Gasteiger charge is 2.19. The third-order valence-corrected chi connectivity index (χ3v) is 7.41. The average Bonchev–Trinajstić information content (AvgIpc) is 2.76. The Labute approximate surface area is 190 Å². The van der Waals surface area contributed by atoms with Gasteiger partial charge in [0.2, 0.25) is 21.8 Å². The van der Waals surface area contributed by atoms with Crippen LogP contribution in [0.2, 0.25) is 0 Å². The summed E-state index contributed by atoms with van der Waals surface area (Å²) >= 11 is 0. The van der Waals surface area contributed by atoms with Crippen LogP contribution < -0.4 is 10.0 Å². The van der Waals surface area contributed by atoms with Crippen LogP contribution in [0, 0.1) is 13.8 Å². The first-order valence-electron chi connectivity index (χ1n) is 10.9. The molecule has 0 aliphatic heterocycles. The highest BCUT2D eigenvalue weighted by Crippen LogP contribution is 2.24. The molecular weight excluding hydrogens is 426 g/mol. The molecule has 2 aromatic rings. The van der Waals surface area contributed by atoms with E-state index in [1.165, 1.54) is 17.5 Å². The molecule has 0 saturated carbocycles. The Morgan fingerprint density at radius 3 is 2.50 bits per heavy atom. The SMILES string of the molecule is Cc1cccc(NC(=O)CN(C)C(=O)CCNS(=O)(=O)c2ccc3c(c2)CCCC3)c1C. The molecule has 0 spiro atoms. The smallest absolute Gasteiger partial charge is 0.243 e. The number of rotatable bonds is 8. The number of hydrogen-bond acceptors (Lipinski definition) is 4. The van der Waals surface area contributed by atoms with Gasteiger partial charge in [-0.05, 0) is 80.0 Å². The predicted molar refractivity (Wildman–Crippen MR) is 125 cm³/mol. The van der Waals surface area contributed by atoms with Gasteiger partial charge in [-0.1, -0.05) is 18.2 Å². The summed E-state index contributed by atoms with van der Waals surface area (Å²) in [6.45, 7) is 3.76. The first-order valence-corrected chi connectivity index (χ1v) is 12.4. The lowest BCUT2D eigenvalue weighted by Gasteiger charge is -2.18. The Morgan fingerprint density at radius 1 is 1.03 bits per heavy atom. The van der Waals surface area contributed by atoms with Crippen molar-refractivity contribution in [2.45, 2.75) is 50.8 Å². The molecule has 3 rings (SSSR count). The highest BCUT2D eigenvalue weighted by atomic mass is 32.2. The van der Waals surface area contributed by atoms with Gasteiger partial charge in [0.25, 0.3) is 0 Å². The number of benzene rings is 2. The van der Waals surface area contributed by atoms with Crippen molar-refractivity contribution in [2.24, 2.45) is 0 Å². The highest BCUT2D eigenvalue weighted by molar-refractivity contribution is 7.89. The van der Waals surface area contributed by atoms with Crippen molar-refractivity contribution in [3.63, 3.8) is 0 Å². The van der Waals surface area contributed by atoms with Gasteiger partial charge in [0.15, 0.2) is 0 Å². The molecule has 0 bridgehead atoms. The van der Waals surface area contributed by atoms with E-state index in [4.69, 9.17) is 0 Å². The summed E-state index contributed by atoms with van der Waals surface area (Å²) in [5.74, 6) is -0.613. The fourth-order valence-corrected chi connectivity index (χ4v) is 4.91. The summed E-state index contributed by atoms with van der Waals surface area (Å²) < 4.78 is 27.7. The van der Waals surface area contributed by atoms with Crippen molar-refractivity contribution >= 4 is 27.5 Å². The van der Waals surface area contributed by atoms with Crippen LogP contribution in [0.25, 0.3) is 0 Å². The fourth-order valence-electron chi connectivity index (χ4n) is 3.82. The average molecular weight is 458 g/mol. The Hall–Kier alpha value is -2.71. The maximum absolute atomic E-state index is 12.6. The minimum Gasteiger partial charge on any atom is -0.336 e. The molecule has 2 aromatic carbocycles. The molecule has 2 N–H and O–H groups in total. The molecule has 1 aliphatic carbocycles. The third-order valence-electron chi connectivity index (χ3n) is 5.95. The molecule has 8 heteroatoms. The summed E-state index contributed by atoms with van der Waals surface area (Å²) in [6.07, 6.45) is 4.06. The van der Waals surface area contributed by atoms with Crippen molar-refractivity contribution in [3.8, 4) is 0 Å². The second-order valence-corrected chi connectivity index (χ2v) is 10.1. The molecule has 2 amide bonds. The van der Waals surface area contributed by atoms with Crippen LogP contribution in [0.5, 0.6) is 0 Å². The Kier molecular flexibility index (Phi) is 7.69. The molecule has 0 unspecified atom stereocenters. The molecule has 0 fully saturated rings. The minimum atomic E-state index is -3.69. The van der Waals surface area contributed by atoms with Gasteiger partial charge in [-0.15, -0.1) is 0 Å². The second kappa shape index (κ2) is 10.3. The van der Waals surface area contributed by atoms with Crippen LogP contribution in [-0.4, -0.2) is 45.3 Å². The molecule has 0 heterocycles. The first kappa shape index (κ1) is 23.9. The quantitative estimate of drug-likeness (QED) is 0.637. The summed E-state index contributed by atoms with van der Waals surface area (Å²) in [6, 6.07) is 10.9. The lowest BCUT2D eigenvalue weighted by molar-refractivity contribution is -0.133. The van der Waals surface area contributed by atoms with Crippen LogP contribution >= 0.6 is 0 Å². The number of nitrogens with zero attached hydrogens (tertiary/aromatic N) is 1. The number of anilines is 1. The number of amides is 2. The molecule has 0 radical (unpaired) electrons. The van der Waals surface area contributed by atoms with Gasteiger partial charge in [-0.2, -0.15) is 0 Å². The zero-order valence-electron chi connectivity index (χ0n) is 18.9. The Balaban J connectivity index is 1.49. The molecular formula is C24H31N3O4S. The Morgan fingerprint density at radius 2 is 1.75 bits per heavy atom. The number of likely N-dealkylation sites (N-methyl/N-ethyl adjacent to an activating group) is 1. The van der Waals surface area contributed by atoms with Gasteiger partial charge in [0.05, 0.1) is 11.4 Å². The largest absolute Gasteiger partial charge is 0.336 e. The summed E-state index contributed by atoms with van der Waals surface area (Å²) in [5, 5.41) is 2.82. The van der Waals surface area contributed by atoms with Crippen LogP contribution in [0.3, 0.4) is 0 Å². The van der Waals surface area contributed by atoms with E-state index in [-0.39, 0.29) is 36.2 Å². The van der Waals surface area contributed by atoms with Gasteiger partial charge in [0.1, 0.15) is 0 Å².